The summed E-state index contributed by atoms with van der Waals surface area (Å²) in [4.78, 5) is 30.6. The number of aromatic nitrogens is 1. The number of piperidine rings is 1. The summed E-state index contributed by atoms with van der Waals surface area (Å²) in [7, 11) is 0. The molecule has 1 atom stereocenters. The van der Waals surface area contributed by atoms with Crippen molar-refractivity contribution >= 4 is 23.4 Å². The summed E-state index contributed by atoms with van der Waals surface area (Å²) in [5.41, 5.74) is -0.681. The standard InChI is InChI=1S/C21H22F3N3O3/c1-14-6-2-3-11-27(14)18(28)13-30-20(29)17-9-5-10-25-19(17)26-16-8-4-7-15(12-16)21(22,23)24/h4-5,7-10,12,14H,2-3,6,11,13H2,1H3,(H,25,26). The first-order chi connectivity index (χ1) is 14.3. The minimum absolute atomic E-state index is 0.0226. The molecular weight excluding hydrogens is 399 g/mol. The lowest BCUT2D eigenvalue weighted by Gasteiger charge is -2.33. The molecular formula is C21H22F3N3O3. The number of alkyl halides is 3. The third-order valence-electron chi connectivity index (χ3n) is 4.93. The largest absolute Gasteiger partial charge is 0.452 e. The topological polar surface area (TPSA) is 71.5 Å². The van der Waals surface area contributed by atoms with Crippen LogP contribution >= 0.6 is 0 Å². The molecule has 1 saturated heterocycles. The van der Waals surface area contributed by atoms with E-state index >= 15 is 0 Å². The van der Waals surface area contributed by atoms with Crippen LogP contribution in [0, 0.1) is 0 Å². The molecule has 1 N–H and O–H groups in total. The smallest absolute Gasteiger partial charge is 0.416 e. The van der Waals surface area contributed by atoms with Gasteiger partial charge in [0.1, 0.15) is 11.4 Å². The molecule has 1 aromatic carbocycles. The van der Waals surface area contributed by atoms with Crippen LogP contribution in [0.25, 0.3) is 0 Å². The van der Waals surface area contributed by atoms with Gasteiger partial charge in [-0.15, -0.1) is 0 Å². The molecule has 2 aromatic rings. The summed E-state index contributed by atoms with van der Waals surface area (Å²) >= 11 is 0. The Kier molecular flexibility index (Phi) is 6.59. The Labute approximate surface area is 172 Å². The number of benzene rings is 1. The van der Waals surface area contributed by atoms with Crippen molar-refractivity contribution in [2.45, 2.75) is 38.4 Å². The molecule has 3 rings (SSSR count). The number of hydrogen-bond acceptors (Lipinski definition) is 5. The fraction of sp³-hybridized carbons (Fsp3) is 0.381. The maximum Gasteiger partial charge on any atom is 0.416 e. The highest BCUT2D eigenvalue weighted by atomic mass is 19.4. The normalized spacial score (nSPS) is 16.8. The lowest BCUT2D eigenvalue weighted by Crippen LogP contribution is -2.44. The second kappa shape index (κ2) is 9.15. The predicted molar refractivity (Wildman–Crippen MR) is 104 cm³/mol. The maximum atomic E-state index is 12.9. The van der Waals surface area contributed by atoms with Crippen molar-refractivity contribution in [3.63, 3.8) is 0 Å². The highest BCUT2D eigenvalue weighted by Gasteiger charge is 2.30. The number of carbonyl (C=O) groups is 2. The van der Waals surface area contributed by atoms with E-state index in [4.69, 9.17) is 4.74 Å². The lowest BCUT2D eigenvalue weighted by molar-refractivity contribution is -0.138. The van der Waals surface area contributed by atoms with E-state index in [1.165, 1.54) is 30.5 Å². The van der Waals surface area contributed by atoms with Gasteiger partial charge in [0.15, 0.2) is 6.61 Å². The third-order valence-corrected chi connectivity index (χ3v) is 4.93. The van der Waals surface area contributed by atoms with Crippen molar-refractivity contribution in [2.75, 3.05) is 18.5 Å². The number of ether oxygens (including phenoxy) is 1. The summed E-state index contributed by atoms with van der Waals surface area (Å²) in [6.45, 7) is 2.19. The number of nitrogens with one attached hydrogen (secondary N) is 1. The minimum Gasteiger partial charge on any atom is -0.452 e. The van der Waals surface area contributed by atoms with Gasteiger partial charge >= 0.3 is 12.1 Å². The number of amides is 1. The second-order valence-corrected chi connectivity index (χ2v) is 7.11. The van der Waals surface area contributed by atoms with Crippen molar-refractivity contribution in [2.24, 2.45) is 0 Å². The fourth-order valence-electron chi connectivity index (χ4n) is 3.34. The van der Waals surface area contributed by atoms with Crippen LogP contribution in [0.15, 0.2) is 42.6 Å². The van der Waals surface area contributed by atoms with Gasteiger partial charge in [-0.3, -0.25) is 4.79 Å². The van der Waals surface area contributed by atoms with Gasteiger partial charge in [0.05, 0.1) is 5.56 Å². The molecule has 1 aromatic heterocycles. The van der Waals surface area contributed by atoms with E-state index in [0.29, 0.717) is 6.54 Å². The van der Waals surface area contributed by atoms with Gasteiger partial charge < -0.3 is 15.0 Å². The SMILES string of the molecule is CC1CCCCN1C(=O)COC(=O)c1cccnc1Nc1cccc(C(F)(F)F)c1. The number of halogens is 3. The molecule has 1 unspecified atom stereocenters. The van der Waals surface area contributed by atoms with Crippen molar-refractivity contribution in [3.05, 3.63) is 53.7 Å². The van der Waals surface area contributed by atoms with Crippen LogP contribution in [0.4, 0.5) is 24.7 Å². The molecule has 1 amide bonds. The molecule has 0 radical (unpaired) electrons. The lowest BCUT2D eigenvalue weighted by atomic mass is 10.0. The number of nitrogens with zero attached hydrogens (tertiary/aromatic N) is 2. The first kappa shape index (κ1) is 21.6. The molecule has 0 aliphatic carbocycles. The van der Waals surface area contributed by atoms with Gasteiger partial charge in [-0.1, -0.05) is 6.07 Å². The molecule has 160 valence electrons. The molecule has 9 heteroatoms. The highest BCUT2D eigenvalue weighted by Crippen LogP contribution is 2.31. The third kappa shape index (κ3) is 5.28. The van der Waals surface area contributed by atoms with Crippen molar-refractivity contribution < 1.29 is 27.5 Å². The van der Waals surface area contributed by atoms with Gasteiger partial charge in [-0.2, -0.15) is 13.2 Å². The molecule has 30 heavy (non-hydrogen) atoms. The van der Waals surface area contributed by atoms with Crippen LogP contribution in [0.3, 0.4) is 0 Å². The number of hydrogen-bond donors (Lipinski definition) is 1. The molecule has 0 saturated carbocycles. The Morgan fingerprint density at radius 2 is 2.03 bits per heavy atom. The Balaban J connectivity index is 1.69. The second-order valence-electron chi connectivity index (χ2n) is 7.11. The van der Waals surface area contributed by atoms with Gasteiger partial charge in [0.25, 0.3) is 5.91 Å². The number of rotatable bonds is 5. The number of pyridine rings is 1. The molecule has 1 aliphatic heterocycles. The minimum atomic E-state index is -4.49. The molecule has 1 fully saturated rings. The zero-order chi connectivity index (χ0) is 21.7. The van der Waals surface area contributed by atoms with Gasteiger partial charge in [-0.05, 0) is 56.5 Å². The van der Waals surface area contributed by atoms with Crippen molar-refractivity contribution in [1.82, 2.24) is 9.88 Å². The van der Waals surface area contributed by atoms with E-state index in [2.05, 4.69) is 10.3 Å². The summed E-state index contributed by atoms with van der Waals surface area (Å²) in [6, 6.07) is 7.59. The average molecular weight is 421 g/mol. The molecule has 1 aliphatic rings. The number of anilines is 2. The summed E-state index contributed by atoms with van der Waals surface area (Å²) in [6.07, 6.45) is -0.209. The highest BCUT2D eigenvalue weighted by molar-refractivity contribution is 5.96. The van der Waals surface area contributed by atoms with Gasteiger partial charge in [0, 0.05) is 24.5 Å². The first-order valence-electron chi connectivity index (χ1n) is 9.61. The average Bonchev–Trinajstić information content (AvgIpc) is 2.72. The van der Waals surface area contributed by atoms with Gasteiger partial charge in [-0.25, -0.2) is 9.78 Å². The van der Waals surface area contributed by atoms with Crippen LogP contribution in [0.1, 0.15) is 42.1 Å². The Bertz CT molecular complexity index is 918. The van der Waals surface area contributed by atoms with E-state index in [-0.39, 0.29) is 29.0 Å². The molecule has 2 heterocycles. The zero-order valence-electron chi connectivity index (χ0n) is 16.4. The number of carbonyl (C=O) groups excluding carboxylic acids is 2. The maximum absolute atomic E-state index is 12.9. The van der Waals surface area contributed by atoms with Crippen LogP contribution in [-0.4, -0.2) is 41.0 Å². The summed E-state index contributed by atoms with van der Waals surface area (Å²) in [5.74, 6) is -1.01. The van der Waals surface area contributed by atoms with E-state index in [1.54, 1.807) is 4.90 Å². The van der Waals surface area contributed by atoms with Crippen LogP contribution in [0.5, 0.6) is 0 Å². The van der Waals surface area contributed by atoms with Crippen LogP contribution in [-0.2, 0) is 15.7 Å². The van der Waals surface area contributed by atoms with Crippen LogP contribution in [0.2, 0.25) is 0 Å². The van der Waals surface area contributed by atoms with Crippen molar-refractivity contribution in [3.8, 4) is 0 Å². The van der Waals surface area contributed by atoms with E-state index < -0.39 is 24.3 Å². The Morgan fingerprint density at radius 3 is 2.77 bits per heavy atom. The van der Waals surface area contributed by atoms with Crippen molar-refractivity contribution in [1.29, 1.82) is 0 Å². The van der Waals surface area contributed by atoms with E-state index in [1.807, 2.05) is 6.92 Å². The first-order valence-corrected chi connectivity index (χ1v) is 9.61. The van der Waals surface area contributed by atoms with E-state index in [0.717, 1.165) is 31.4 Å². The quantitative estimate of drug-likeness (QED) is 0.725. The predicted octanol–water partition coefficient (Wildman–Crippen LogP) is 4.40. The molecule has 0 bridgehead atoms. The Hall–Kier alpha value is -3.10. The molecule has 6 nitrogen and oxygen atoms in total. The summed E-state index contributed by atoms with van der Waals surface area (Å²) in [5, 5.41) is 2.72. The monoisotopic (exact) mass is 421 g/mol. The number of likely N-dealkylation sites (tertiary alicyclic amines) is 1. The van der Waals surface area contributed by atoms with Crippen LogP contribution < -0.4 is 5.32 Å². The van der Waals surface area contributed by atoms with Gasteiger partial charge in [0.2, 0.25) is 0 Å². The number of esters is 1. The zero-order valence-corrected chi connectivity index (χ0v) is 16.4. The Morgan fingerprint density at radius 1 is 1.23 bits per heavy atom. The molecule has 0 spiro atoms. The fourth-order valence-corrected chi connectivity index (χ4v) is 3.34. The summed E-state index contributed by atoms with van der Waals surface area (Å²) < 4.78 is 43.9. The van der Waals surface area contributed by atoms with E-state index in [9.17, 15) is 22.8 Å².